The predicted octanol–water partition coefficient (Wildman–Crippen LogP) is -2.36. The van der Waals surface area contributed by atoms with E-state index in [9.17, 15) is 14.7 Å². The van der Waals surface area contributed by atoms with Gasteiger partial charge in [-0.2, -0.15) is 0 Å². The molecule has 16 heavy (non-hydrogen) atoms. The van der Waals surface area contributed by atoms with Gasteiger partial charge in [0, 0.05) is 10.7 Å². The molecular formula is C9H7ClNNaO4. The Balaban J connectivity index is 0.00000225. The second-order valence-electron chi connectivity index (χ2n) is 2.58. The van der Waals surface area contributed by atoms with Gasteiger partial charge >= 0.3 is 35.7 Å². The average molecular weight is 252 g/mol. The zero-order valence-corrected chi connectivity index (χ0v) is 11.3. The fourth-order valence-corrected chi connectivity index (χ4v) is 1.03. The van der Waals surface area contributed by atoms with E-state index in [1.54, 1.807) is 18.2 Å². The first-order chi connectivity index (χ1) is 7.08. The van der Waals surface area contributed by atoms with Crippen molar-refractivity contribution in [1.82, 2.24) is 0 Å². The fraction of sp³-hybridized carbons (Fsp3) is 0.111. The van der Waals surface area contributed by atoms with Crippen molar-refractivity contribution in [1.29, 1.82) is 0 Å². The minimum Gasteiger partial charge on any atom is -0.546 e. The van der Waals surface area contributed by atoms with Gasteiger partial charge < -0.3 is 14.6 Å². The van der Waals surface area contributed by atoms with Crippen molar-refractivity contribution in [2.24, 2.45) is 0 Å². The van der Waals surface area contributed by atoms with Crippen molar-refractivity contribution in [3.05, 3.63) is 29.3 Å². The number of hydrogen-bond acceptors (Lipinski definition) is 4. The number of hydrogen-bond donors (Lipinski definition) is 1. The molecule has 0 bridgehead atoms. The maximum atomic E-state index is 11.0. The molecule has 0 aliphatic heterocycles. The summed E-state index contributed by atoms with van der Waals surface area (Å²) in [6, 6.07) is 6.37. The first-order valence-corrected chi connectivity index (χ1v) is 4.35. The molecule has 1 aromatic rings. The van der Waals surface area contributed by atoms with Gasteiger partial charge in [-0.1, -0.05) is 17.7 Å². The van der Waals surface area contributed by atoms with Crippen LogP contribution in [0.2, 0.25) is 5.02 Å². The summed E-state index contributed by atoms with van der Waals surface area (Å²) in [5, 5.41) is 12.7. The molecule has 5 nitrogen and oxygen atoms in total. The average Bonchev–Trinajstić information content (AvgIpc) is 2.15. The molecular weight excluding hydrogens is 245 g/mol. The summed E-state index contributed by atoms with van der Waals surface area (Å²) in [6.07, 6.45) is -0.874. The van der Waals surface area contributed by atoms with Crippen LogP contribution in [0.3, 0.4) is 0 Å². The summed E-state index contributed by atoms with van der Waals surface area (Å²) < 4.78 is 4.29. The smallest absolute Gasteiger partial charge is 0.546 e. The number of halogens is 1. The molecule has 1 amide bonds. The first kappa shape index (κ1) is 15.2. The third-order valence-electron chi connectivity index (χ3n) is 1.39. The standard InChI is InChI=1S/C9H8ClNO4.Na/c10-6-2-1-3-7(4-6)11-9(14)15-5-8(12)13;/h1-4H,5H2,(H,11,14)(H,12,13);/q;+1/p-1. The van der Waals surface area contributed by atoms with Crippen LogP contribution in [-0.2, 0) is 9.53 Å². The third-order valence-corrected chi connectivity index (χ3v) is 1.63. The van der Waals surface area contributed by atoms with Crippen molar-refractivity contribution in [3.63, 3.8) is 0 Å². The van der Waals surface area contributed by atoms with E-state index in [0.29, 0.717) is 10.7 Å². The maximum absolute atomic E-state index is 11.0. The van der Waals surface area contributed by atoms with E-state index in [1.807, 2.05) is 0 Å². The molecule has 0 spiro atoms. The zero-order valence-electron chi connectivity index (χ0n) is 8.53. The van der Waals surface area contributed by atoms with Crippen molar-refractivity contribution in [2.45, 2.75) is 0 Å². The molecule has 1 rings (SSSR count). The molecule has 0 aromatic heterocycles. The molecule has 0 aliphatic carbocycles. The summed E-state index contributed by atoms with van der Waals surface area (Å²) in [6.45, 7) is -0.785. The number of carboxylic acids is 1. The predicted molar refractivity (Wildman–Crippen MR) is 51.4 cm³/mol. The summed E-state index contributed by atoms with van der Waals surface area (Å²) >= 11 is 5.66. The Morgan fingerprint density at radius 1 is 1.44 bits per heavy atom. The molecule has 0 atom stereocenters. The molecule has 0 saturated carbocycles. The largest absolute Gasteiger partial charge is 1.00 e. The molecule has 7 heteroatoms. The number of aliphatic carboxylic acids is 1. The van der Waals surface area contributed by atoms with E-state index in [4.69, 9.17) is 11.6 Å². The third kappa shape index (κ3) is 5.97. The number of benzene rings is 1. The molecule has 1 N–H and O–H groups in total. The Hall–Kier alpha value is -0.750. The molecule has 0 fully saturated rings. The maximum Gasteiger partial charge on any atom is 1.00 e. The van der Waals surface area contributed by atoms with Crippen LogP contribution in [0.1, 0.15) is 0 Å². The second kappa shape index (κ2) is 7.51. The van der Waals surface area contributed by atoms with Crippen LogP contribution in [0.4, 0.5) is 10.5 Å². The van der Waals surface area contributed by atoms with Gasteiger partial charge in [0.2, 0.25) is 0 Å². The molecule has 0 radical (unpaired) electrons. The van der Waals surface area contributed by atoms with Gasteiger partial charge in [-0.15, -0.1) is 0 Å². The fourth-order valence-electron chi connectivity index (χ4n) is 0.845. The number of amides is 1. The van der Waals surface area contributed by atoms with Gasteiger partial charge in [0.25, 0.3) is 0 Å². The van der Waals surface area contributed by atoms with Gasteiger partial charge in [-0.3, -0.25) is 5.32 Å². The SMILES string of the molecule is O=C([O-])COC(=O)Nc1cccc(Cl)c1.[Na+]. The van der Waals surface area contributed by atoms with Gasteiger partial charge in [0.1, 0.15) is 6.61 Å². The Bertz CT molecular complexity index is 386. The summed E-state index contributed by atoms with van der Waals surface area (Å²) in [5.74, 6) is -1.46. The van der Waals surface area contributed by atoms with E-state index < -0.39 is 18.7 Å². The zero-order chi connectivity index (χ0) is 11.3. The molecule has 0 saturated heterocycles. The molecule has 80 valence electrons. The van der Waals surface area contributed by atoms with Crippen LogP contribution in [-0.4, -0.2) is 18.7 Å². The monoisotopic (exact) mass is 251 g/mol. The van der Waals surface area contributed by atoms with E-state index in [1.165, 1.54) is 6.07 Å². The number of carboxylic acid groups (broad SMARTS) is 1. The van der Waals surface area contributed by atoms with Crippen LogP contribution in [0.25, 0.3) is 0 Å². The number of anilines is 1. The molecule has 0 unspecified atom stereocenters. The van der Waals surface area contributed by atoms with E-state index >= 15 is 0 Å². The summed E-state index contributed by atoms with van der Waals surface area (Å²) in [4.78, 5) is 20.9. The number of nitrogens with one attached hydrogen (secondary N) is 1. The Labute approximate surface area is 119 Å². The van der Waals surface area contributed by atoms with Crippen molar-refractivity contribution in [3.8, 4) is 0 Å². The van der Waals surface area contributed by atoms with Crippen LogP contribution in [0, 0.1) is 0 Å². The van der Waals surface area contributed by atoms with Gasteiger partial charge in [0.15, 0.2) is 0 Å². The normalized spacial score (nSPS) is 8.81. The topological polar surface area (TPSA) is 78.5 Å². The molecule has 0 aliphatic rings. The molecule has 1 aromatic carbocycles. The van der Waals surface area contributed by atoms with Gasteiger partial charge in [-0.25, -0.2) is 4.79 Å². The van der Waals surface area contributed by atoms with Gasteiger partial charge in [0.05, 0.1) is 5.97 Å². The quantitative estimate of drug-likeness (QED) is 0.610. The van der Waals surface area contributed by atoms with E-state index in [-0.39, 0.29) is 29.6 Å². The minimum absolute atomic E-state index is 0. The number of ether oxygens (including phenoxy) is 1. The summed E-state index contributed by atoms with van der Waals surface area (Å²) in [7, 11) is 0. The molecule has 0 heterocycles. The second-order valence-corrected chi connectivity index (χ2v) is 3.02. The van der Waals surface area contributed by atoms with Crippen LogP contribution in [0.15, 0.2) is 24.3 Å². The van der Waals surface area contributed by atoms with Crippen LogP contribution < -0.4 is 40.0 Å². The Kier molecular flexibility index (Phi) is 7.16. The Morgan fingerprint density at radius 2 is 2.12 bits per heavy atom. The van der Waals surface area contributed by atoms with Crippen molar-refractivity contribution >= 4 is 29.4 Å². The number of carbonyl (C=O) groups excluding carboxylic acids is 2. The minimum atomic E-state index is -1.46. The number of carbonyl (C=O) groups is 2. The van der Waals surface area contributed by atoms with Crippen LogP contribution >= 0.6 is 11.6 Å². The van der Waals surface area contributed by atoms with Crippen LogP contribution in [0.5, 0.6) is 0 Å². The number of rotatable bonds is 3. The Morgan fingerprint density at radius 3 is 2.69 bits per heavy atom. The van der Waals surface area contributed by atoms with E-state index in [0.717, 1.165) is 0 Å². The van der Waals surface area contributed by atoms with Crippen molar-refractivity contribution < 1.29 is 49.0 Å². The summed E-state index contributed by atoms with van der Waals surface area (Å²) in [5.41, 5.74) is 0.422. The first-order valence-electron chi connectivity index (χ1n) is 3.97. The van der Waals surface area contributed by atoms with E-state index in [2.05, 4.69) is 10.1 Å². The van der Waals surface area contributed by atoms with Gasteiger partial charge in [-0.05, 0) is 18.2 Å². The van der Waals surface area contributed by atoms with Crippen molar-refractivity contribution in [2.75, 3.05) is 11.9 Å².